The third-order valence-corrected chi connectivity index (χ3v) is 5.02. The summed E-state index contributed by atoms with van der Waals surface area (Å²) in [6, 6.07) is 17.9. The van der Waals surface area contributed by atoms with Crippen molar-refractivity contribution in [3.05, 3.63) is 87.3 Å². The van der Waals surface area contributed by atoms with Crippen LogP contribution in [0.5, 0.6) is 0 Å². The lowest BCUT2D eigenvalue weighted by molar-refractivity contribution is -0.116. The standard InChI is InChI=1S/C23H19ClN4O3/c1-14-11-15(2)28(13-19(29)25-18-9-4-3-5-10-18)23(30)20(14)22-26-21(27-31-22)16-7-6-8-17(24)12-16/h3-12H,13H2,1-2H3,(H,25,29). The molecule has 4 rings (SSSR count). The maximum Gasteiger partial charge on any atom is 0.264 e. The Hall–Kier alpha value is -3.71. The third kappa shape index (κ3) is 4.41. The van der Waals surface area contributed by atoms with E-state index in [2.05, 4.69) is 15.5 Å². The molecule has 8 heteroatoms. The van der Waals surface area contributed by atoms with E-state index in [0.29, 0.717) is 33.4 Å². The summed E-state index contributed by atoms with van der Waals surface area (Å²) in [6.07, 6.45) is 0. The normalized spacial score (nSPS) is 10.8. The Labute approximate surface area is 183 Å². The number of carbonyl (C=O) groups excluding carboxylic acids is 1. The van der Waals surface area contributed by atoms with Crippen LogP contribution in [-0.4, -0.2) is 20.6 Å². The maximum atomic E-state index is 13.2. The first-order valence-electron chi connectivity index (χ1n) is 9.58. The number of aromatic nitrogens is 3. The molecule has 0 atom stereocenters. The second-order valence-corrected chi connectivity index (χ2v) is 7.52. The molecule has 2 heterocycles. The Morgan fingerprint density at radius 1 is 1.10 bits per heavy atom. The first-order valence-corrected chi connectivity index (χ1v) is 9.96. The molecule has 2 aromatic carbocycles. The molecule has 7 nitrogen and oxygen atoms in total. The first-order chi connectivity index (χ1) is 14.9. The highest BCUT2D eigenvalue weighted by Crippen LogP contribution is 2.24. The summed E-state index contributed by atoms with van der Waals surface area (Å²) in [5.41, 5.74) is 2.57. The Morgan fingerprint density at radius 2 is 1.87 bits per heavy atom. The molecule has 31 heavy (non-hydrogen) atoms. The second-order valence-electron chi connectivity index (χ2n) is 7.08. The first kappa shape index (κ1) is 20.6. The molecule has 1 N–H and O–H groups in total. The van der Waals surface area contributed by atoms with Crippen molar-refractivity contribution in [2.75, 3.05) is 5.32 Å². The average Bonchev–Trinajstić information content (AvgIpc) is 3.21. The van der Waals surface area contributed by atoms with E-state index in [-0.39, 0.29) is 29.5 Å². The van der Waals surface area contributed by atoms with Gasteiger partial charge in [-0.3, -0.25) is 9.59 Å². The number of amides is 1. The van der Waals surface area contributed by atoms with E-state index in [1.165, 1.54) is 4.57 Å². The summed E-state index contributed by atoms with van der Waals surface area (Å²) in [6.45, 7) is 3.43. The van der Waals surface area contributed by atoms with Crippen LogP contribution in [0.25, 0.3) is 22.8 Å². The topological polar surface area (TPSA) is 90.0 Å². The zero-order valence-corrected chi connectivity index (χ0v) is 17.7. The van der Waals surface area contributed by atoms with E-state index in [4.69, 9.17) is 16.1 Å². The van der Waals surface area contributed by atoms with Crippen molar-refractivity contribution >= 4 is 23.2 Å². The monoisotopic (exact) mass is 434 g/mol. The highest BCUT2D eigenvalue weighted by atomic mass is 35.5. The van der Waals surface area contributed by atoms with Crippen molar-refractivity contribution in [1.82, 2.24) is 14.7 Å². The van der Waals surface area contributed by atoms with Gasteiger partial charge in [-0.15, -0.1) is 0 Å². The van der Waals surface area contributed by atoms with Crippen LogP contribution >= 0.6 is 11.6 Å². The van der Waals surface area contributed by atoms with E-state index >= 15 is 0 Å². The van der Waals surface area contributed by atoms with Gasteiger partial charge in [0, 0.05) is 22.0 Å². The number of hydrogen-bond acceptors (Lipinski definition) is 5. The van der Waals surface area contributed by atoms with Crippen molar-refractivity contribution in [3.8, 4) is 22.8 Å². The van der Waals surface area contributed by atoms with E-state index in [0.717, 1.165) is 0 Å². The fourth-order valence-electron chi connectivity index (χ4n) is 3.32. The lowest BCUT2D eigenvalue weighted by atomic mass is 10.1. The molecule has 0 aliphatic heterocycles. The Kier molecular flexibility index (Phi) is 5.68. The number of benzene rings is 2. The number of rotatable bonds is 5. The highest BCUT2D eigenvalue weighted by molar-refractivity contribution is 6.30. The van der Waals surface area contributed by atoms with Crippen molar-refractivity contribution in [3.63, 3.8) is 0 Å². The molecule has 0 aliphatic rings. The predicted molar refractivity (Wildman–Crippen MR) is 119 cm³/mol. The van der Waals surface area contributed by atoms with Gasteiger partial charge in [0.05, 0.1) is 0 Å². The number of nitrogens with one attached hydrogen (secondary N) is 1. The quantitative estimate of drug-likeness (QED) is 0.500. The number of carbonyl (C=O) groups is 1. The van der Waals surface area contributed by atoms with E-state index < -0.39 is 0 Å². The van der Waals surface area contributed by atoms with Gasteiger partial charge in [0.15, 0.2) is 0 Å². The van der Waals surface area contributed by atoms with E-state index in [1.807, 2.05) is 24.3 Å². The van der Waals surface area contributed by atoms with Gasteiger partial charge >= 0.3 is 0 Å². The number of anilines is 1. The number of pyridine rings is 1. The molecule has 1 amide bonds. The van der Waals surface area contributed by atoms with Crippen LogP contribution in [-0.2, 0) is 11.3 Å². The summed E-state index contributed by atoms with van der Waals surface area (Å²) < 4.78 is 6.78. The number of nitrogens with zero attached hydrogens (tertiary/aromatic N) is 3. The fourth-order valence-corrected chi connectivity index (χ4v) is 3.51. The van der Waals surface area contributed by atoms with E-state index in [9.17, 15) is 9.59 Å². The van der Waals surface area contributed by atoms with Gasteiger partial charge in [-0.2, -0.15) is 4.98 Å². The second kappa shape index (κ2) is 8.57. The smallest absolute Gasteiger partial charge is 0.264 e. The van der Waals surface area contributed by atoms with Crippen LogP contribution in [0.4, 0.5) is 5.69 Å². The van der Waals surface area contributed by atoms with Crippen molar-refractivity contribution in [1.29, 1.82) is 0 Å². The van der Waals surface area contributed by atoms with Gasteiger partial charge in [-0.25, -0.2) is 0 Å². The molecule has 0 fully saturated rings. The number of aryl methyl sites for hydroxylation is 2. The zero-order valence-electron chi connectivity index (χ0n) is 16.9. The molecular formula is C23H19ClN4O3. The number of hydrogen-bond donors (Lipinski definition) is 1. The fraction of sp³-hybridized carbons (Fsp3) is 0.130. The molecule has 0 saturated carbocycles. The number of para-hydroxylation sites is 1. The molecule has 0 radical (unpaired) electrons. The van der Waals surface area contributed by atoms with Crippen LogP contribution in [0.3, 0.4) is 0 Å². The van der Waals surface area contributed by atoms with Crippen LogP contribution in [0.2, 0.25) is 5.02 Å². The van der Waals surface area contributed by atoms with Crippen LogP contribution in [0.1, 0.15) is 11.3 Å². The van der Waals surface area contributed by atoms with Gasteiger partial charge in [-0.1, -0.05) is 47.1 Å². The summed E-state index contributed by atoms with van der Waals surface area (Å²) in [7, 11) is 0. The van der Waals surface area contributed by atoms with Crippen molar-refractivity contribution < 1.29 is 9.32 Å². The van der Waals surface area contributed by atoms with Crippen LogP contribution in [0, 0.1) is 13.8 Å². The summed E-state index contributed by atoms with van der Waals surface area (Å²) in [5, 5.41) is 7.31. The van der Waals surface area contributed by atoms with Gasteiger partial charge < -0.3 is 14.4 Å². The lowest BCUT2D eigenvalue weighted by Gasteiger charge is -2.13. The summed E-state index contributed by atoms with van der Waals surface area (Å²) in [5.74, 6) is 0.108. The number of halogens is 1. The van der Waals surface area contributed by atoms with Crippen molar-refractivity contribution in [2.45, 2.75) is 20.4 Å². The zero-order chi connectivity index (χ0) is 22.0. The molecule has 0 bridgehead atoms. The predicted octanol–water partition coefficient (Wildman–Crippen LogP) is 4.47. The maximum absolute atomic E-state index is 13.2. The van der Waals surface area contributed by atoms with Crippen molar-refractivity contribution in [2.24, 2.45) is 0 Å². The average molecular weight is 435 g/mol. The lowest BCUT2D eigenvalue weighted by Crippen LogP contribution is -2.30. The van der Waals surface area contributed by atoms with Crippen LogP contribution < -0.4 is 10.9 Å². The molecule has 0 aliphatic carbocycles. The van der Waals surface area contributed by atoms with E-state index in [1.54, 1.807) is 50.2 Å². The largest absolute Gasteiger partial charge is 0.333 e. The van der Waals surface area contributed by atoms with Gasteiger partial charge in [0.1, 0.15) is 12.1 Å². The molecule has 0 saturated heterocycles. The van der Waals surface area contributed by atoms with Gasteiger partial charge in [0.2, 0.25) is 11.7 Å². The third-order valence-electron chi connectivity index (χ3n) is 4.79. The van der Waals surface area contributed by atoms with Gasteiger partial charge in [-0.05, 0) is 49.7 Å². The molecular weight excluding hydrogens is 416 g/mol. The molecule has 2 aromatic heterocycles. The minimum absolute atomic E-state index is 0.0923. The molecule has 4 aromatic rings. The van der Waals surface area contributed by atoms with Crippen LogP contribution in [0.15, 0.2) is 70.0 Å². The highest BCUT2D eigenvalue weighted by Gasteiger charge is 2.20. The summed E-state index contributed by atoms with van der Waals surface area (Å²) >= 11 is 6.04. The minimum Gasteiger partial charge on any atom is -0.333 e. The SMILES string of the molecule is Cc1cc(C)n(CC(=O)Nc2ccccc2)c(=O)c1-c1nc(-c2cccc(Cl)c2)no1. The molecule has 0 unspecified atom stereocenters. The van der Waals surface area contributed by atoms with Gasteiger partial charge in [0.25, 0.3) is 11.4 Å². The minimum atomic E-state index is -0.373. The Bertz CT molecular complexity index is 1310. The molecule has 0 spiro atoms. The Balaban J connectivity index is 1.67. The molecule has 156 valence electrons. The summed E-state index contributed by atoms with van der Waals surface area (Å²) in [4.78, 5) is 30.1. The Morgan fingerprint density at radius 3 is 2.61 bits per heavy atom.